The number of nitrogens with zero attached hydrogens (tertiary/aromatic N) is 6. The van der Waals surface area contributed by atoms with Gasteiger partial charge >= 0.3 is 0 Å². The van der Waals surface area contributed by atoms with E-state index in [1.165, 1.54) is 0 Å². The molecule has 2 aliphatic rings. The normalized spacial score (nSPS) is 19.5. The number of aromatic nitrogens is 2. The Labute approximate surface area is 162 Å². The molecule has 1 aromatic carbocycles. The summed E-state index contributed by atoms with van der Waals surface area (Å²) in [5, 5.41) is 0. The van der Waals surface area contributed by atoms with Gasteiger partial charge in [0, 0.05) is 64.0 Å². The highest BCUT2D eigenvalue weighted by Gasteiger charge is 2.22. The van der Waals surface area contributed by atoms with Gasteiger partial charge in [-0.3, -0.25) is 0 Å². The van der Waals surface area contributed by atoms with E-state index in [0.717, 1.165) is 81.9 Å². The van der Waals surface area contributed by atoms with Gasteiger partial charge in [0.05, 0.1) is 5.69 Å². The van der Waals surface area contributed by atoms with E-state index >= 15 is 0 Å². The molecule has 2 aliphatic heterocycles. The second-order valence-electron chi connectivity index (χ2n) is 7.49. The van der Waals surface area contributed by atoms with E-state index in [4.69, 9.17) is 9.97 Å². The van der Waals surface area contributed by atoms with Gasteiger partial charge in [-0.25, -0.2) is 4.98 Å². The summed E-state index contributed by atoms with van der Waals surface area (Å²) in [6.45, 7) is 11.7. The molecular formula is C21H30N6. The topological polar surface area (TPSA) is 38.7 Å². The lowest BCUT2D eigenvalue weighted by Gasteiger charge is -2.36. The first-order valence-electron chi connectivity index (χ1n) is 10.1. The first-order chi connectivity index (χ1) is 13.2. The van der Waals surface area contributed by atoms with Crippen LogP contribution in [-0.2, 0) is 0 Å². The van der Waals surface area contributed by atoms with Gasteiger partial charge in [-0.2, -0.15) is 4.98 Å². The molecule has 0 atom stereocenters. The van der Waals surface area contributed by atoms with Crippen molar-refractivity contribution in [3.63, 3.8) is 0 Å². The number of likely N-dealkylation sites (N-methyl/N-ethyl adjacent to an activating group) is 2. The molecule has 4 rings (SSSR count). The molecular weight excluding hydrogens is 336 g/mol. The molecule has 144 valence electrons. The predicted octanol–water partition coefficient (Wildman–Crippen LogP) is 2.04. The zero-order valence-electron chi connectivity index (χ0n) is 16.5. The third-order valence-corrected chi connectivity index (χ3v) is 5.70. The highest BCUT2D eigenvalue weighted by atomic mass is 15.3. The molecule has 2 saturated heterocycles. The molecule has 0 unspecified atom stereocenters. The number of hydrogen-bond donors (Lipinski definition) is 0. The van der Waals surface area contributed by atoms with Crippen LogP contribution in [0.15, 0.2) is 36.4 Å². The summed E-state index contributed by atoms with van der Waals surface area (Å²) in [6, 6.07) is 12.6. The summed E-state index contributed by atoms with van der Waals surface area (Å²) in [6.07, 6.45) is 0. The fourth-order valence-electron chi connectivity index (χ4n) is 3.78. The monoisotopic (exact) mass is 366 g/mol. The summed E-state index contributed by atoms with van der Waals surface area (Å²) >= 11 is 0. The highest BCUT2D eigenvalue weighted by molar-refractivity contribution is 5.65. The molecule has 2 fully saturated rings. The van der Waals surface area contributed by atoms with Crippen molar-refractivity contribution in [1.82, 2.24) is 19.8 Å². The molecule has 3 heterocycles. The van der Waals surface area contributed by atoms with Crippen LogP contribution in [0.3, 0.4) is 0 Å². The van der Waals surface area contributed by atoms with Crippen LogP contribution < -0.4 is 9.80 Å². The lowest BCUT2D eigenvalue weighted by Crippen LogP contribution is -2.47. The summed E-state index contributed by atoms with van der Waals surface area (Å²) in [7, 11) is 2.19. The largest absolute Gasteiger partial charge is 0.354 e. The Morgan fingerprint density at radius 2 is 1.48 bits per heavy atom. The van der Waals surface area contributed by atoms with Crippen LogP contribution in [0.25, 0.3) is 11.3 Å². The van der Waals surface area contributed by atoms with Crippen LogP contribution in [0.5, 0.6) is 0 Å². The molecule has 0 N–H and O–H groups in total. The van der Waals surface area contributed by atoms with Crippen LogP contribution in [0.2, 0.25) is 0 Å². The fourth-order valence-corrected chi connectivity index (χ4v) is 3.78. The second-order valence-corrected chi connectivity index (χ2v) is 7.49. The Bertz CT molecular complexity index is 734. The van der Waals surface area contributed by atoms with Crippen molar-refractivity contribution in [3.05, 3.63) is 36.4 Å². The van der Waals surface area contributed by atoms with E-state index < -0.39 is 0 Å². The van der Waals surface area contributed by atoms with Gasteiger partial charge in [0.15, 0.2) is 0 Å². The van der Waals surface area contributed by atoms with Crippen LogP contribution in [0, 0.1) is 0 Å². The number of rotatable bonds is 4. The Morgan fingerprint density at radius 3 is 2.15 bits per heavy atom. The molecule has 0 saturated carbocycles. The van der Waals surface area contributed by atoms with Gasteiger partial charge in [0.1, 0.15) is 5.82 Å². The van der Waals surface area contributed by atoms with Crippen LogP contribution in [0.1, 0.15) is 6.92 Å². The Balaban J connectivity index is 1.64. The van der Waals surface area contributed by atoms with E-state index in [1.54, 1.807) is 0 Å². The molecule has 0 aliphatic carbocycles. The fraction of sp³-hybridized carbons (Fsp3) is 0.524. The maximum atomic E-state index is 4.99. The lowest BCUT2D eigenvalue weighted by molar-refractivity contribution is 0.270. The Morgan fingerprint density at radius 1 is 0.815 bits per heavy atom. The molecule has 1 aromatic heterocycles. The Hall–Kier alpha value is -2.18. The van der Waals surface area contributed by atoms with Gasteiger partial charge in [0.2, 0.25) is 5.95 Å². The molecule has 6 heteroatoms. The minimum atomic E-state index is 0.876. The predicted molar refractivity (Wildman–Crippen MR) is 112 cm³/mol. The van der Waals surface area contributed by atoms with Crippen LogP contribution >= 0.6 is 0 Å². The average molecular weight is 367 g/mol. The molecule has 0 radical (unpaired) electrons. The maximum Gasteiger partial charge on any atom is 0.227 e. The zero-order valence-corrected chi connectivity index (χ0v) is 16.5. The van der Waals surface area contributed by atoms with Gasteiger partial charge in [-0.15, -0.1) is 0 Å². The summed E-state index contributed by atoms with van der Waals surface area (Å²) < 4.78 is 0. The quantitative estimate of drug-likeness (QED) is 0.825. The molecule has 6 nitrogen and oxygen atoms in total. The molecule has 0 spiro atoms. The van der Waals surface area contributed by atoms with Crippen LogP contribution in [-0.4, -0.2) is 85.7 Å². The zero-order chi connectivity index (χ0) is 18.6. The minimum absolute atomic E-state index is 0.876. The third kappa shape index (κ3) is 4.22. The molecule has 0 amide bonds. The van der Waals surface area contributed by atoms with E-state index in [-0.39, 0.29) is 0 Å². The molecule has 0 bridgehead atoms. The van der Waals surface area contributed by atoms with Gasteiger partial charge < -0.3 is 19.6 Å². The van der Waals surface area contributed by atoms with Crippen LogP contribution in [0.4, 0.5) is 11.8 Å². The number of anilines is 2. The van der Waals surface area contributed by atoms with Crippen molar-refractivity contribution in [2.24, 2.45) is 0 Å². The van der Waals surface area contributed by atoms with Gasteiger partial charge in [0.25, 0.3) is 0 Å². The summed E-state index contributed by atoms with van der Waals surface area (Å²) in [4.78, 5) is 19.5. The lowest BCUT2D eigenvalue weighted by atomic mass is 10.1. The van der Waals surface area contributed by atoms with Crippen molar-refractivity contribution < 1.29 is 0 Å². The maximum absolute atomic E-state index is 4.99. The van der Waals surface area contributed by atoms with Crippen molar-refractivity contribution in [1.29, 1.82) is 0 Å². The second kappa shape index (κ2) is 8.23. The smallest absolute Gasteiger partial charge is 0.227 e. The number of piperazine rings is 2. The minimum Gasteiger partial charge on any atom is -0.354 e. The first kappa shape index (κ1) is 18.2. The number of hydrogen-bond acceptors (Lipinski definition) is 6. The first-order valence-corrected chi connectivity index (χ1v) is 10.1. The van der Waals surface area contributed by atoms with E-state index in [0.29, 0.717) is 0 Å². The number of benzene rings is 1. The SMILES string of the molecule is CCN1CCN(c2nc(-c3ccccc3)cc(N3CCN(C)CC3)n2)CC1. The van der Waals surface area contributed by atoms with Crippen molar-refractivity contribution in [3.8, 4) is 11.3 Å². The van der Waals surface area contributed by atoms with Crippen molar-refractivity contribution in [2.75, 3.05) is 75.8 Å². The molecule has 2 aromatic rings. The standard InChI is InChI=1S/C21H30N6/c1-3-25-11-15-27(16-12-25)21-22-19(18-7-5-4-6-8-18)17-20(23-21)26-13-9-24(2)10-14-26/h4-8,17H,3,9-16H2,1-2H3. The third-order valence-electron chi connectivity index (χ3n) is 5.70. The summed E-state index contributed by atoms with van der Waals surface area (Å²) in [5.41, 5.74) is 2.18. The summed E-state index contributed by atoms with van der Waals surface area (Å²) in [5.74, 6) is 1.94. The van der Waals surface area contributed by atoms with Gasteiger partial charge in [-0.1, -0.05) is 37.3 Å². The van der Waals surface area contributed by atoms with Gasteiger partial charge in [-0.05, 0) is 13.6 Å². The Kier molecular flexibility index (Phi) is 5.55. The van der Waals surface area contributed by atoms with E-state index in [1.807, 2.05) is 0 Å². The highest BCUT2D eigenvalue weighted by Crippen LogP contribution is 2.26. The van der Waals surface area contributed by atoms with E-state index in [9.17, 15) is 0 Å². The average Bonchev–Trinajstić information content (AvgIpc) is 2.74. The van der Waals surface area contributed by atoms with E-state index in [2.05, 4.69) is 70.0 Å². The van der Waals surface area contributed by atoms with Crippen molar-refractivity contribution >= 4 is 11.8 Å². The van der Waals surface area contributed by atoms with Crippen molar-refractivity contribution in [2.45, 2.75) is 6.92 Å². The molecule has 27 heavy (non-hydrogen) atoms.